The SMILES string of the molecule is CCN(CC(=O)Nc1ccc(N2CCOCC2)cc1)C(=O)CC(C)C. The quantitative estimate of drug-likeness (QED) is 0.822. The fraction of sp³-hybridized carbons (Fsp3) is 0.579. The summed E-state index contributed by atoms with van der Waals surface area (Å²) in [5.74, 6) is 0.144. The molecule has 0 unspecified atom stereocenters. The molecule has 6 nitrogen and oxygen atoms in total. The van der Waals surface area contributed by atoms with E-state index in [4.69, 9.17) is 4.74 Å². The third-order valence-corrected chi connectivity index (χ3v) is 4.18. The van der Waals surface area contributed by atoms with Gasteiger partial charge in [-0.15, -0.1) is 0 Å². The molecule has 1 heterocycles. The zero-order chi connectivity index (χ0) is 18.2. The molecular formula is C19H29N3O3. The van der Waals surface area contributed by atoms with Crippen molar-refractivity contribution < 1.29 is 14.3 Å². The van der Waals surface area contributed by atoms with Crippen molar-refractivity contribution in [1.29, 1.82) is 0 Å². The number of amides is 2. The fourth-order valence-corrected chi connectivity index (χ4v) is 2.81. The first-order chi connectivity index (χ1) is 12.0. The lowest BCUT2D eigenvalue weighted by atomic mass is 10.1. The predicted octanol–water partition coefficient (Wildman–Crippen LogP) is 2.36. The first-order valence-corrected chi connectivity index (χ1v) is 9.00. The standard InChI is InChI=1S/C19H29N3O3/c1-4-21(19(24)13-15(2)3)14-18(23)20-16-5-7-17(8-6-16)22-9-11-25-12-10-22/h5-8,15H,4,9-14H2,1-3H3,(H,20,23). The number of nitrogens with zero attached hydrogens (tertiary/aromatic N) is 2. The van der Waals surface area contributed by atoms with Crippen molar-refractivity contribution in [2.75, 3.05) is 49.6 Å². The first-order valence-electron chi connectivity index (χ1n) is 9.00. The molecule has 25 heavy (non-hydrogen) atoms. The van der Waals surface area contributed by atoms with Crippen LogP contribution in [0.4, 0.5) is 11.4 Å². The maximum atomic E-state index is 12.2. The number of hydrogen-bond donors (Lipinski definition) is 1. The van der Waals surface area contributed by atoms with Crippen molar-refractivity contribution in [1.82, 2.24) is 4.90 Å². The Morgan fingerprint density at radius 3 is 2.40 bits per heavy atom. The summed E-state index contributed by atoms with van der Waals surface area (Å²) in [7, 11) is 0. The normalized spacial score (nSPS) is 14.5. The van der Waals surface area contributed by atoms with Crippen molar-refractivity contribution >= 4 is 23.2 Å². The molecule has 0 aliphatic carbocycles. The number of anilines is 2. The summed E-state index contributed by atoms with van der Waals surface area (Å²) in [6.07, 6.45) is 0.468. The molecular weight excluding hydrogens is 318 g/mol. The molecule has 6 heteroatoms. The van der Waals surface area contributed by atoms with Crippen LogP contribution in [0, 0.1) is 5.92 Å². The highest BCUT2D eigenvalue weighted by atomic mass is 16.5. The summed E-state index contributed by atoms with van der Waals surface area (Å²) in [5, 5.41) is 2.87. The van der Waals surface area contributed by atoms with Crippen molar-refractivity contribution in [3.8, 4) is 0 Å². The summed E-state index contributed by atoms with van der Waals surface area (Å²) in [6.45, 7) is 9.78. The molecule has 138 valence electrons. The molecule has 0 spiro atoms. The van der Waals surface area contributed by atoms with Gasteiger partial charge in [-0.25, -0.2) is 0 Å². The highest BCUT2D eigenvalue weighted by Crippen LogP contribution is 2.19. The van der Waals surface area contributed by atoms with Gasteiger partial charge >= 0.3 is 0 Å². The number of hydrogen-bond acceptors (Lipinski definition) is 4. The maximum Gasteiger partial charge on any atom is 0.243 e. The minimum Gasteiger partial charge on any atom is -0.378 e. The molecule has 1 aromatic rings. The Morgan fingerprint density at radius 2 is 1.84 bits per heavy atom. The highest BCUT2D eigenvalue weighted by molar-refractivity contribution is 5.94. The molecule has 0 radical (unpaired) electrons. The van der Waals surface area contributed by atoms with Gasteiger partial charge in [-0.05, 0) is 37.1 Å². The Hall–Kier alpha value is -2.08. The number of morpholine rings is 1. The zero-order valence-electron chi connectivity index (χ0n) is 15.5. The van der Waals surface area contributed by atoms with Crippen LogP contribution >= 0.6 is 0 Å². The van der Waals surface area contributed by atoms with Crippen molar-refractivity contribution in [3.63, 3.8) is 0 Å². The van der Waals surface area contributed by atoms with E-state index in [-0.39, 0.29) is 24.3 Å². The van der Waals surface area contributed by atoms with Crippen LogP contribution < -0.4 is 10.2 Å². The largest absolute Gasteiger partial charge is 0.378 e. The fourth-order valence-electron chi connectivity index (χ4n) is 2.81. The Labute approximate surface area is 150 Å². The van der Waals surface area contributed by atoms with Gasteiger partial charge < -0.3 is 19.9 Å². The lowest BCUT2D eigenvalue weighted by Gasteiger charge is -2.29. The van der Waals surface area contributed by atoms with Crippen molar-refractivity contribution in [3.05, 3.63) is 24.3 Å². The Balaban J connectivity index is 1.87. The van der Waals surface area contributed by atoms with E-state index in [0.717, 1.165) is 37.7 Å². The lowest BCUT2D eigenvalue weighted by molar-refractivity contribution is -0.135. The molecule has 0 saturated carbocycles. The smallest absolute Gasteiger partial charge is 0.243 e. The summed E-state index contributed by atoms with van der Waals surface area (Å²) >= 11 is 0. The van der Waals surface area contributed by atoms with Crippen LogP contribution in [0.5, 0.6) is 0 Å². The second-order valence-electron chi connectivity index (χ2n) is 6.70. The van der Waals surface area contributed by atoms with E-state index in [1.54, 1.807) is 4.90 Å². The van der Waals surface area contributed by atoms with Crippen LogP contribution in [-0.2, 0) is 14.3 Å². The molecule has 0 atom stereocenters. The third-order valence-electron chi connectivity index (χ3n) is 4.18. The molecule has 2 amide bonds. The molecule has 1 aliphatic rings. The van der Waals surface area contributed by atoms with Gasteiger partial charge in [-0.1, -0.05) is 13.8 Å². The average Bonchev–Trinajstić information content (AvgIpc) is 2.60. The third kappa shape index (κ3) is 6.05. The second-order valence-corrected chi connectivity index (χ2v) is 6.70. The van der Waals surface area contributed by atoms with E-state index in [0.29, 0.717) is 13.0 Å². The van der Waals surface area contributed by atoms with Gasteiger partial charge in [0.1, 0.15) is 0 Å². The van der Waals surface area contributed by atoms with E-state index in [1.807, 2.05) is 45.0 Å². The molecule has 1 aliphatic heterocycles. The van der Waals surface area contributed by atoms with E-state index >= 15 is 0 Å². The van der Waals surface area contributed by atoms with Crippen LogP contribution in [-0.4, -0.2) is 56.1 Å². The van der Waals surface area contributed by atoms with Crippen LogP contribution in [0.15, 0.2) is 24.3 Å². The number of nitrogens with one attached hydrogen (secondary N) is 1. The summed E-state index contributed by atoms with van der Waals surface area (Å²) in [5.41, 5.74) is 1.87. The number of rotatable bonds is 7. The van der Waals surface area contributed by atoms with Gasteiger partial charge in [0, 0.05) is 37.4 Å². The number of ether oxygens (including phenoxy) is 1. The van der Waals surface area contributed by atoms with Gasteiger partial charge in [0.05, 0.1) is 19.8 Å². The average molecular weight is 347 g/mol. The van der Waals surface area contributed by atoms with Gasteiger partial charge in [0.2, 0.25) is 11.8 Å². The van der Waals surface area contributed by atoms with E-state index < -0.39 is 0 Å². The Bertz CT molecular complexity index is 566. The summed E-state index contributed by atoms with van der Waals surface area (Å²) < 4.78 is 5.36. The number of carbonyl (C=O) groups is 2. The Morgan fingerprint density at radius 1 is 1.20 bits per heavy atom. The molecule has 1 fully saturated rings. The van der Waals surface area contributed by atoms with Gasteiger partial charge in [0.25, 0.3) is 0 Å². The minimum atomic E-state index is -0.168. The minimum absolute atomic E-state index is 0.0234. The zero-order valence-corrected chi connectivity index (χ0v) is 15.5. The van der Waals surface area contributed by atoms with Crippen LogP contribution in [0.3, 0.4) is 0 Å². The predicted molar refractivity (Wildman–Crippen MR) is 99.8 cm³/mol. The van der Waals surface area contributed by atoms with Gasteiger partial charge in [-0.2, -0.15) is 0 Å². The number of carbonyl (C=O) groups excluding carboxylic acids is 2. The van der Waals surface area contributed by atoms with E-state index in [1.165, 1.54) is 0 Å². The molecule has 1 aromatic carbocycles. The lowest BCUT2D eigenvalue weighted by Crippen LogP contribution is -2.38. The van der Waals surface area contributed by atoms with Crippen LogP contribution in [0.25, 0.3) is 0 Å². The number of likely N-dealkylation sites (N-methyl/N-ethyl adjacent to an activating group) is 1. The topological polar surface area (TPSA) is 61.9 Å². The van der Waals surface area contributed by atoms with Crippen molar-refractivity contribution in [2.24, 2.45) is 5.92 Å². The summed E-state index contributed by atoms with van der Waals surface area (Å²) in [4.78, 5) is 28.2. The summed E-state index contributed by atoms with van der Waals surface area (Å²) in [6, 6.07) is 7.80. The molecule has 1 N–H and O–H groups in total. The molecule has 0 aromatic heterocycles. The maximum absolute atomic E-state index is 12.2. The van der Waals surface area contributed by atoms with Crippen LogP contribution in [0.1, 0.15) is 27.2 Å². The first kappa shape index (κ1) is 19.2. The van der Waals surface area contributed by atoms with E-state index in [2.05, 4.69) is 10.2 Å². The second kappa shape index (κ2) is 9.42. The van der Waals surface area contributed by atoms with E-state index in [9.17, 15) is 9.59 Å². The molecule has 2 rings (SSSR count). The van der Waals surface area contributed by atoms with Gasteiger partial charge in [-0.3, -0.25) is 9.59 Å². The highest BCUT2D eigenvalue weighted by Gasteiger charge is 2.17. The Kier molecular flexibility index (Phi) is 7.25. The monoisotopic (exact) mass is 347 g/mol. The van der Waals surface area contributed by atoms with Crippen molar-refractivity contribution in [2.45, 2.75) is 27.2 Å². The molecule has 1 saturated heterocycles. The number of benzene rings is 1. The van der Waals surface area contributed by atoms with Crippen LogP contribution in [0.2, 0.25) is 0 Å². The van der Waals surface area contributed by atoms with Gasteiger partial charge in [0.15, 0.2) is 0 Å². The molecule has 0 bridgehead atoms.